The minimum Gasteiger partial charge on any atom is -0.205 e. The highest BCUT2D eigenvalue weighted by Gasteiger charge is 2.31. The Morgan fingerprint density at radius 3 is 2.20 bits per heavy atom. The van der Waals surface area contributed by atoms with Gasteiger partial charge in [-0.1, -0.05) is 69.3 Å². The van der Waals surface area contributed by atoms with Crippen molar-refractivity contribution in [2.45, 2.75) is 103 Å². The van der Waals surface area contributed by atoms with Crippen molar-refractivity contribution in [3.8, 4) is 0 Å². The molecule has 0 saturated heterocycles. The normalized spacial score (nSPS) is 32.7. The Balaban J connectivity index is 1.39. The molecule has 0 spiro atoms. The lowest BCUT2D eigenvalue weighted by molar-refractivity contribution is 0.165. The van der Waals surface area contributed by atoms with E-state index in [1.54, 1.807) is 0 Å². The molecular formula is C28H40ClF. The molecule has 166 valence electrons. The Morgan fingerprint density at radius 1 is 0.933 bits per heavy atom. The van der Waals surface area contributed by atoms with E-state index < -0.39 is 0 Å². The van der Waals surface area contributed by atoms with Crippen LogP contribution in [0.3, 0.4) is 0 Å². The number of rotatable bonds is 5. The van der Waals surface area contributed by atoms with E-state index in [4.69, 9.17) is 11.6 Å². The largest absolute Gasteiger partial charge is 0.205 e. The fourth-order valence-corrected chi connectivity index (χ4v) is 6.91. The topological polar surface area (TPSA) is 0 Å². The van der Waals surface area contributed by atoms with Crippen molar-refractivity contribution in [3.63, 3.8) is 0 Å². The summed E-state index contributed by atoms with van der Waals surface area (Å²) in [6, 6.07) is 4.17. The van der Waals surface area contributed by atoms with Gasteiger partial charge in [-0.3, -0.25) is 0 Å². The first-order valence-corrected chi connectivity index (χ1v) is 13.1. The summed E-state index contributed by atoms with van der Waals surface area (Å²) in [5.74, 6) is 3.80. The van der Waals surface area contributed by atoms with Gasteiger partial charge in [0.2, 0.25) is 0 Å². The van der Waals surface area contributed by atoms with Gasteiger partial charge in [-0.15, -0.1) is 0 Å². The number of hydrogen-bond acceptors (Lipinski definition) is 0. The molecule has 0 nitrogen and oxygen atoms in total. The molecule has 2 heteroatoms. The van der Waals surface area contributed by atoms with Gasteiger partial charge < -0.3 is 0 Å². The molecule has 0 amide bonds. The fourth-order valence-electron chi connectivity index (χ4n) is 6.59. The smallest absolute Gasteiger partial charge is 0.149 e. The van der Waals surface area contributed by atoms with Gasteiger partial charge in [0.05, 0.1) is 5.02 Å². The Kier molecular flexibility index (Phi) is 7.61. The molecule has 3 aliphatic carbocycles. The van der Waals surface area contributed by atoms with E-state index in [0.29, 0.717) is 10.9 Å². The molecule has 30 heavy (non-hydrogen) atoms. The third-order valence-electron chi connectivity index (χ3n) is 8.61. The fraction of sp³-hybridized carbons (Fsp3) is 0.714. The lowest BCUT2D eigenvalue weighted by Gasteiger charge is -2.37. The van der Waals surface area contributed by atoms with Crippen LogP contribution in [0.5, 0.6) is 0 Å². The van der Waals surface area contributed by atoms with Crippen molar-refractivity contribution < 1.29 is 4.39 Å². The molecule has 0 bridgehead atoms. The van der Waals surface area contributed by atoms with E-state index in [1.165, 1.54) is 76.2 Å². The lowest BCUT2D eigenvalue weighted by atomic mass is 9.68. The van der Waals surface area contributed by atoms with Crippen molar-refractivity contribution in [2.75, 3.05) is 0 Å². The van der Waals surface area contributed by atoms with Gasteiger partial charge >= 0.3 is 0 Å². The van der Waals surface area contributed by atoms with Crippen LogP contribution in [-0.2, 0) is 0 Å². The number of halogens is 2. The minimum atomic E-state index is -0.169. The number of hydrogen-bond donors (Lipinski definition) is 0. The van der Waals surface area contributed by atoms with Crippen LogP contribution in [0.25, 0.3) is 5.57 Å². The summed E-state index contributed by atoms with van der Waals surface area (Å²) in [7, 11) is 0. The van der Waals surface area contributed by atoms with E-state index in [2.05, 4.69) is 26.0 Å². The van der Waals surface area contributed by atoms with Crippen LogP contribution in [0.1, 0.15) is 114 Å². The Bertz CT molecular complexity index is 735. The summed E-state index contributed by atoms with van der Waals surface area (Å²) in [5.41, 5.74) is 2.99. The second kappa shape index (κ2) is 10.2. The van der Waals surface area contributed by atoms with Crippen LogP contribution in [-0.4, -0.2) is 0 Å². The summed E-state index contributed by atoms with van der Waals surface area (Å²) in [6.45, 7) is 4.65. The van der Waals surface area contributed by atoms with Gasteiger partial charge in [0, 0.05) is 5.56 Å². The first-order valence-electron chi connectivity index (χ1n) is 12.7. The zero-order valence-corrected chi connectivity index (χ0v) is 19.8. The van der Waals surface area contributed by atoms with Crippen molar-refractivity contribution in [2.24, 2.45) is 23.7 Å². The Hall–Kier alpha value is -0.820. The van der Waals surface area contributed by atoms with E-state index in [0.717, 1.165) is 47.6 Å². The van der Waals surface area contributed by atoms with Gasteiger partial charge in [0.25, 0.3) is 0 Å². The first kappa shape index (κ1) is 22.4. The van der Waals surface area contributed by atoms with Crippen LogP contribution < -0.4 is 0 Å². The molecule has 1 aromatic rings. The molecule has 2 fully saturated rings. The quantitative estimate of drug-likeness (QED) is 0.436. The van der Waals surface area contributed by atoms with Crippen molar-refractivity contribution in [1.82, 2.24) is 0 Å². The third kappa shape index (κ3) is 4.98. The predicted molar refractivity (Wildman–Crippen MR) is 127 cm³/mol. The Morgan fingerprint density at radius 2 is 1.60 bits per heavy atom. The van der Waals surface area contributed by atoms with Crippen LogP contribution in [0, 0.1) is 29.5 Å². The summed E-state index contributed by atoms with van der Waals surface area (Å²) in [4.78, 5) is 0. The van der Waals surface area contributed by atoms with Crippen molar-refractivity contribution >= 4 is 17.2 Å². The molecule has 1 atom stereocenters. The highest BCUT2D eigenvalue weighted by Crippen LogP contribution is 2.46. The van der Waals surface area contributed by atoms with Crippen molar-refractivity contribution in [3.05, 3.63) is 40.2 Å². The van der Waals surface area contributed by atoms with Gasteiger partial charge in [0.15, 0.2) is 0 Å². The van der Waals surface area contributed by atoms with Crippen LogP contribution in [0.4, 0.5) is 4.39 Å². The SMILES string of the molecule is CCCC1CC=C(c2ccc(C3CCC(C4CCC(C)CC4)CC3)c(Cl)c2F)CC1. The monoisotopic (exact) mass is 430 g/mol. The molecule has 0 N–H and O–H groups in total. The van der Waals surface area contributed by atoms with E-state index in [-0.39, 0.29) is 5.82 Å². The maximum Gasteiger partial charge on any atom is 0.149 e. The zero-order chi connectivity index (χ0) is 21.1. The maximum atomic E-state index is 15.3. The molecule has 1 unspecified atom stereocenters. The molecular weight excluding hydrogens is 391 g/mol. The van der Waals surface area contributed by atoms with Crippen LogP contribution >= 0.6 is 11.6 Å². The van der Waals surface area contributed by atoms with E-state index in [9.17, 15) is 0 Å². The summed E-state index contributed by atoms with van der Waals surface area (Å²) >= 11 is 6.63. The van der Waals surface area contributed by atoms with Crippen LogP contribution in [0.15, 0.2) is 18.2 Å². The van der Waals surface area contributed by atoms with Gasteiger partial charge in [-0.25, -0.2) is 4.39 Å². The standard InChI is InChI=1S/C28H40ClF/c1-3-4-20-7-11-24(12-8-20)26-18-17-25(27(29)28(26)30)23-15-13-22(14-16-23)21-9-5-19(2)6-10-21/h11,17-23H,3-10,12-16H2,1-2H3. The lowest BCUT2D eigenvalue weighted by Crippen LogP contribution is -2.25. The van der Waals surface area contributed by atoms with Gasteiger partial charge in [0.1, 0.15) is 5.82 Å². The number of benzene rings is 1. The number of allylic oxidation sites excluding steroid dienone is 2. The van der Waals surface area contributed by atoms with Crippen molar-refractivity contribution in [1.29, 1.82) is 0 Å². The maximum absolute atomic E-state index is 15.3. The second-order valence-electron chi connectivity index (χ2n) is 10.6. The van der Waals surface area contributed by atoms with Crippen LogP contribution in [0.2, 0.25) is 5.02 Å². The second-order valence-corrected chi connectivity index (χ2v) is 11.0. The molecule has 0 radical (unpaired) electrons. The first-order chi connectivity index (χ1) is 14.6. The molecule has 1 aromatic carbocycles. The molecule has 0 heterocycles. The third-order valence-corrected chi connectivity index (χ3v) is 9.00. The molecule has 4 rings (SSSR count). The summed E-state index contributed by atoms with van der Waals surface area (Å²) in [5, 5.41) is 0.402. The zero-order valence-electron chi connectivity index (χ0n) is 19.1. The minimum absolute atomic E-state index is 0.169. The highest BCUT2D eigenvalue weighted by molar-refractivity contribution is 6.31. The van der Waals surface area contributed by atoms with Gasteiger partial charge in [-0.2, -0.15) is 0 Å². The Labute approximate surface area is 188 Å². The molecule has 0 aromatic heterocycles. The average molecular weight is 431 g/mol. The van der Waals surface area contributed by atoms with E-state index in [1.807, 2.05) is 6.07 Å². The summed E-state index contributed by atoms with van der Waals surface area (Å²) < 4.78 is 15.3. The average Bonchev–Trinajstić information content (AvgIpc) is 2.77. The van der Waals surface area contributed by atoms with E-state index >= 15 is 4.39 Å². The van der Waals surface area contributed by atoms with Gasteiger partial charge in [-0.05, 0) is 98.5 Å². The molecule has 2 saturated carbocycles. The predicted octanol–water partition coefficient (Wildman–Crippen LogP) is 9.56. The molecule has 0 aliphatic heterocycles. The highest BCUT2D eigenvalue weighted by atomic mass is 35.5. The summed E-state index contributed by atoms with van der Waals surface area (Å²) in [6.07, 6.45) is 18.7. The molecule has 3 aliphatic rings.